The van der Waals surface area contributed by atoms with Gasteiger partial charge < -0.3 is 10.7 Å². The van der Waals surface area contributed by atoms with E-state index in [-0.39, 0.29) is 0 Å². The molecule has 0 atom stereocenters. The summed E-state index contributed by atoms with van der Waals surface area (Å²) in [5.41, 5.74) is 8.06. The molecule has 3 N–H and O–H groups in total. The average Bonchev–Trinajstić information content (AvgIpc) is 2.48. The highest BCUT2D eigenvalue weighted by Gasteiger charge is 2.03. The summed E-state index contributed by atoms with van der Waals surface area (Å²) in [4.78, 5) is 3.26. The summed E-state index contributed by atoms with van der Waals surface area (Å²) in [6.45, 7) is 0. The van der Waals surface area contributed by atoms with Crippen LogP contribution in [0.4, 0.5) is 5.82 Å². The van der Waals surface area contributed by atoms with Crippen molar-refractivity contribution >= 4 is 16.6 Å². The van der Waals surface area contributed by atoms with Crippen LogP contribution >= 0.6 is 0 Å². The largest absolute Gasteiger partial charge is 0.385 e. The molecule has 0 radical (unpaired) electrons. The zero-order chi connectivity index (χ0) is 12.4. The van der Waals surface area contributed by atoms with Crippen molar-refractivity contribution in [1.29, 1.82) is 0 Å². The molecule has 0 saturated heterocycles. The number of H-pyrrole nitrogens is 1. The number of hydrogen-bond acceptors (Lipinski definition) is 1. The molecule has 18 heavy (non-hydrogen) atoms. The minimum absolute atomic E-state index is 0.671. The van der Waals surface area contributed by atoms with E-state index in [0.29, 0.717) is 5.82 Å². The van der Waals surface area contributed by atoms with E-state index in [9.17, 15) is 0 Å². The van der Waals surface area contributed by atoms with Gasteiger partial charge in [-0.2, -0.15) is 0 Å². The van der Waals surface area contributed by atoms with Crippen LogP contribution in [0.2, 0.25) is 0 Å². The molecule has 2 aliphatic rings. The van der Waals surface area contributed by atoms with E-state index in [1.807, 2.05) is 42.5 Å². The maximum Gasteiger partial charge on any atom is 0.100 e. The molecule has 88 valence electrons. The first-order valence-corrected chi connectivity index (χ1v) is 5.94. The van der Waals surface area contributed by atoms with Gasteiger partial charge in [0, 0.05) is 5.39 Å². The van der Waals surface area contributed by atoms with Crippen LogP contribution in [0.15, 0.2) is 66.7 Å². The van der Waals surface area contributed by atoms with E-state index in [0.717, 1.165) is 16.6 Å². The van der Waals surface area contributed by atoms with Crippen molar-refractivity contribution in [3.8, 4) is 11.3 Å². The summed E-state index contributed by atoms with van der Waals surface area (Å²) >= 11 is 0. The van der Waals surface area contributed by atoms with Gasteiger partial charge in [-0.25, -0.2) is 0 Å². The lowest BCUT2D eigenvalue weighted by atomic mass is 10.1. The zero-order valence-electron chi connectivity index (χ0n) is 9.93. The number of fused-ring (bicyclic) bond motifs is 3. The van der Waals surface area contributed by atoms with E-state index in [4.69, 9.17) is 5.73 Å². The first-order valence-electron chi connectivity index (χ1n) is 5.94. The Kier molecular flexibility index (Phi) is 2.61. The number of hydrogen-bond donors (Lipinski definition) is 2. The van der Waals surface area contributed by atoms with Crippen LogP contribution in [0.5, 0.6) is 0 Å². The summed E-state index contributed by atoms with van der Waals surface area (Å²) < 4.78 is 0. The molecule has 1 aliphatic heterocycles. The second-order valence-corrected chi connectivity index (χ2v) is 4.24. The van der Waals surface area contributed by atoms with Crippen molar-refractivity contribution in [2.24, 2.45) is 0 Å². The second kappa shape index (κ2) is 4.41. The van der Waals surface area contributed by atoms with Gasteiger partial charge in [0.25, 0.3) is 0 Å². The Bertz CT molecular complexity index is 711. The molecule has 1 heterocycles. The number of nitrogens with one attached hydrogen (secondary N) is 1. The van der Waals surface area contributed by atoms with Crippen LogP contribution in [0.25, 0.3) is 22.0 Å². The molecule has 2 heteroatoms. The summed E-state index contributed by atoms with van der Waals surface area (Å²) in [5, 5.41) is 2.34. The second-order valence-electron chi connectivity index (χ2n) is 4.24. The third-order valence-corrected chi connectivity index (χ3v) is 3.00. The van der Waals surface area contributed by atoms with Crippen molar-refractivity contribution in [2.45, 2.75) is 0 Å². The molecule has 0 fully saturated rings. The lowest BCUT2D eigenvalue weighted by Gasteiger charge is -2.07. The number of nitrogen functional groups attached to an aromatic ring is 1. The summed E-state index contributed by atoms with van der Waals surface area (Å²) in [5.74, 6) is 0.671. The quantitative estimate of drug-likeness (QED) is 0.607. The highest BCUT2D eigenvalue weighted by Crippen LogP contribution is 2.26. The Morgan fingerprint density at radius 3 is 2.33 bits per heavy atom. The summed E-state index contributed by atoms with van der Waals surface area (Å²) in [6.07, 6.45) is 0. The number of nitrogens with two attached hydrogens (primary N) is 1. The Balaban J connectivity index is 2.53. The van der Waals surface area contributed by atoms with Gasteiger partial charge >= 0.3 is 0 Å². The van der Waals surface area contributed by atoms with E-state index in [2.05, 4.69) is 29.2 Å². The minimum atomic E-state index is 0.671. The van der Waals surface area contributed by atoms with Crippen LogP contribution in [-0.2, 0) is 0 Å². The Labute approximate surface area is 106 Å². The van der Waals surface area contributed by atoms with Crippen molar-refractivity contribution < 1.29 is 0 Å². The van der Waals surface area contributed by atoms with E-state index in [1.165, 1.54) is 5.39 Å². The highest BCUT2D eigenvalue weighted by atomic mass is 14.8. The van der Waals surface area contributed by atoms with Crippen LogP contribution in [0.3, 0.4) is 0 Å². The van der Waals surface area contributed by atoms with Gasteiger partial charge in [-0.1, -0.05) is 54.6 Å². The van der Waals surface area contributed by atoms with Crippen molar-refractivity contribution in [3.05, 3.63) is 66.7 Å². The van der Waals surface area contributed by atoms with Gasteiger partial charge in [-0.15, -0.1) is 0 Å². The van der Waals surface area contributed by atoms with Gasteiger partial charge in [-0.05, 0) is 23.1 Å². The van der Waals surface area contributed by atoms with E-state index in [1.54, 1.807) is 0 Å². The Hall–Kier alpha value is -2.48. The fourth-order valence-electron chi connectivity index (χ4n) is 2.14. The minimum Gasteiger partial charge on any atom is -0.385 e. The van der Waals surface area contributed by atoms with Crippen molar-refractivity contribution in [1.82, 2.24) is 4.98 Å². The third-order valence-electron chi connectivity index (χ3n) is 3.00. The first kappa shape index (κ1) is 10.7. The maximum atomic E-state index is 5.86. The number of anilines is 1. The monoisotopic (exact) mass is 234 g/mol. The summed E-state index contributed by atoms with van der Waals surface area (Å²) in [7, 11) is 0. The smallest absolute Gasteiger partial charge is 0.100 e. The van der Waals surface area contributed by atoms with Gasteiger partial charge in [0.05, 0.1) is 5.69 Å². The van der Waals surface area contributed by atoms with Crippen molar-refractivity contribution in [2.75, 3.05) is 5.73 Å². The molecule has 0 saturated carbocycles. The van der Waals surface area contributed by atoms with Crippen molar-refractivity contribution in [3.63, 3.8) is 0 Å². The SMILES string of the molecule is Nc1ccc2cccccc3ccccc3c-2[nH]1. The van der Waals surface area contributed by atoms with Gasteiger partial charge in [0.2, 0.25) is 0 Å². The fourth-order valence-corrected chi connectivity index (χ4v) is 2.14. The molecule has 0 spiro atoms. The van der Waals surface area contributed by atoms with Crippen LogP contribution in [0, 0.1) is 0 Å². The molecule has 1 aromatic carbocycles. The van der Waals surface area contributed by atoms with Gasteiger partial charge in [0.15, 0.2) is 0 Å². The molecule has 0 amide bonds. The number of benzene rings is 1. The molecule has 0 aromatic heterocycles. The fraction of sp³-hybridized carbons (Fsp3) is 0. The van der Waals surface area contributed by atoms with E-state index >= 15 is 0 Å². The molecule has 0 bridgehead atoms. The lowest BCUT2D eigenvalue weighted by Crippen LogP contribution is -1.92. The molecule has 3 rings (SSSR count). The molecule has 1 aliphatic carbocycles. The first-order chi connectivity index (χ1) is 8.84. The van der Waals surface area contributed by atoms with Gasteiger partial charge in [-0.3, -0.25) is 0 Å². The van der Waals surface area contributed by atoms with Crippen LogP contribution < -0.4 is 5.73 Å². The topological polar surface area (TPSA) is 41.8 Å². The molecular formula is C16H14N2. The standard InChI is InChI=1S/C16H14N2/c17-15-11-10-13-8-3-1-2-6-12-7-4-5-9-14(12)16(13)18-15/h1-11,18H,17H2. The normalized spacial score (nSPS) is 10.4. The zero-order valence-corrected chi connectivity index (χ0v) is 9.93. The molecule has 1 aromatic rings. The van der Waals surface area contributed by atoms with Crippen LogP contribution in [0.1, 0.15) is 0 Å². The number of rotatable bonds is 0. The number of aromatic nitrogens is 1. The Morgan fingerprint density at radius 2 is 1.44 bits per heavy atom. The number of aromatic amines is 1. The molecule has 2 nitrogen and oxygen atoms in total. The molecular weight excluding hydrogens is 220 g/mol. The summed E-state index contributed by atoms with van der Waals surface area (Å²) in [6, 6.07) is 22.5. The Morgan fingerprint density at radius 1 is 0.722 bits per heavy atom. The number of pyridine rings is 1. The predicted octanol–water partition coefficient (Wildman–Crippen LogP) is 3.98. The lowest BCUT2D eigenvalue weighted by molar-refractivity contribution is 1.35. The average molecular weight is 234 g/mol. The van der Waals surface area contributed by atoms with Gasteiger partial charge in [0.1, 0.15) is 5.82 Å². The highest BCUT2D eigenvalue weighted by molar-refractivity contribution is 5.94. The van der Waals surface area contributed by atoms with Crippen LogP contribution in [-0.4, -0.2) is 4.98 Å². The maximum absolute atomic E-state index is 5.86. The predicted molar refractivity (Wildman–Crippen MR) is 77.0 cm³/mol. The third kappa shape index (κ3) is 1.89. The molecule has 0 unspecified atom stereocenters. The van der Waals surface area contributed by atoms with E-state index < -0.39 is 0 Å².